The Morgan fingerprint density at radius 3 is 2.07 bits per heavy atom. The normalized spacial score (nSPS) is 23.1. The molecule has 5 saturated heterocycles. The number of primary amides is 1. The highest BCUT2D eigenvalue weighted by Crippen LogP contribution is 2.41. The summed E-state index contributed by atoms with van der Waals surface area (Å²) >= 11 is 0. The number of hydrogen-bond acceptors (Lipinski definition) is 12. The van der Waals surface area contributed by atoms with E-state index in [0.717, 1.165) is 145 Å². The van der Waals surface area contributed by atoms with Gasteiger partial charge in [0.15, 0.2) is 0 Å². The zero-order valence-corrected chi connectivity index (χ0v) is 40.2. The number of urea groups is 1. The first kappa shape index (κ1) is 46.6. The fraction of sp³-hybridized carbons (Fsp3) is 0.491. The summed E-state index contributed by atoms with van der Waals surface area (Å²) < 4.78 is 8.04. The number of para-hydroxylation sites is 1. The van der Waals surface area contributed by atoms with Crippen molar-refractivity contribution in [3.05, 3.63) is 89.5 Å². The van der Waals surface area contributed by atoms with Crippen LogP contribution >= 0.6 is 0 Å². The fourth-order valence-electron chi connectivity index (χ4n) is 12.3. The number of amides is 7. The summed E-state index contributed by atoms with van der Waals surface area (Å²) in [5.74, 6) is 0.642. The van der Waals surface area contributed by atoms with Crippen LogP contribution in [-0.2, 0) is 9.59 Å². The molecule has 372 valence electrons. The number of imide groups is 2. The molecule has 1 aromatic heterocycles. The lowest BCUT2D eigenvalue weighted by Gasteiger charge is -2.45. The van der Waals surface area contributed by atoms with E-state index in [0.29, 0.717) is 51.8 Å². The molecule has 4 aromatic rings. The Hall–Kier alpha value is -6.79. The molecular formula is C53H63N11O7. The number of aromatic nitrogens is 2. The number of piperidine rings is 4. The third-order valence-electron chi connectivity index (χ3n) is 16.2. The second-order valence-corrected chi connectivity index (χ2v) is 20.4. The predicted octanol–water partition coefficient (Wildman–Crippen LogP) is 5.03. The topological polar surface area (TPSA) is 199 Å². The van der Waals surface area contributed by atoms with Gasteiger partial charge in [-0.1, -0.05) is 18.2 Å². The molecule has 7 aliphatic heterocycles. The van der Waals surface area contributed by atoms with Gasteiger partial charge in [-0.15, -0.1) is 0 Å². The third-order valence-corrected chi connectivity index (χ3v) is 16.2. The number of fused-ring (bicyclic) bond motifs is 2. The van der Waals surface area contributed by atoms with Crippen molar-refractivity contribution in [2.24, 2.45) is 17.6 Å². The molecule has 7 aliphatic rings. The second kappa shape index (κ2) is 19.8. The van der Waals surface area contributed by atoms with Crippen LogP contribution in [0.4, 0.5) is 16.3 Å². The summed E-state index contributed by atoms with van der Waals surface area (Å²) in [7, 11) is 0. The molecule has 0 spiro atoms. The minimum absolute atomic E-state index is 0.0884. The lowest BCUT2D eigenvalue weighted by atomic mass is 9.85. The molecule has 0 aliphatic carbocycles. The van der Waals surface area contributed by atoms with Gasteiger partial charge in [-0.25, -0.2) is 9.48 Å². The van der Waals surface area contributed by atoms with Crippen LogP contribution in [0.25, 0.3) is 11.3 Å². The molecular weight excluding hydrogens is 903 g/mol. The largest absolute Gasteiger partial charge is 0.457 e. The molecule has 0 radical (unpaired) electrons. The monoisotopic (exact) mass is 965 g/mol. The van der Waals surface area contributed by atoms with Crippen molar-refractivity contribution < 1.29 is 33.5 Å². The Morgan fingerprint density at radius 1 is 0.704 bits per heavy atom. The second-order valence-electron chi connectivity index (χ2n) is 20.4. The van der Waals surface area contributed by atoms with E-state index in [9.17, 15) is 28.8 Å². The Balaban J connectivity index is 0.614. The average molecular weight is 966 g/mol. The van der Waals surface area contributed by atoms with E-state index >= 15 is 0 Å². The van der Waals surface area contributed by atoms with E-state index in [1.54, 1.807) is 12.1 Å². The molecule has 11 rings (SSSR count). The summed E-state index contributed by atoms with van der Waals surface area (Å²) in [6.45, 7) is 10.2. The molecule has 4 N–H and O–H groups in total. The highest BCUT2D eigenvalue weighted by Gasteiger charge is 2.45. The molecule has 8 heterocycles. The zero-order valence-electron chi connectivity index (χ0n) is 40.2. The minimum atomic E-state index is -0.979. The molecule has 0 bridgehead atoms. The van der Waals surface area contributed by atoms with Crippen LogP contribution in [-0.4, -0.2) is 160 Å². The number of carbonyl (C=O) groups is 6. The number of nitrogens with one attached hydrogen (secondary N) is 2. The van der Waals surface area contributed by atoms with E-state index in [1.807, 2.05) is 65.3 Å². The van der Waals surface area contributed by atoms with Crippen LogP contribution in [0.3, 0.4) is 0 Å². The first-order chi connectivity index (χ1) is 34.6. The van der Waals surface area contributed by atoms with Crippen molar-refractivity contribution in [3.63, 3.8) is 0 Å². The third kappa shape index (κ3) is 9.34. The zero-order chi connectivity index (χ0) is 48.8. The Labute approximate surface area is 413 Å². The summed E-state index contributed by atoms with van der Waals surface area (Å²) in [4.78, 5) is 90.0. The van der Waals surface area contributed by atoms with Crippen molar-refractivity contribution in [1.82, 2.24) is 39.6 Å². The standard InChI is InChI=1S/C53H63N11O7/c54-48(66)46-47(36-6-9-40(10-7-36)71-39-4-2-1-3-5-39)57-64-43(14-21-55-49(46)64)35-17-24-59(25-18-35)37-19-26-62(27-20-37)53(70)61-22-15-34(16-23-61)33-58-28-30-60(31-29-58)38-8-11-41-42(32-38)52(69)63(51(41)68)44-12-13-45(65)56-50(44)67/h1-11,32,34-35,37,43-44,55H,12-31,33H2,(H2,54,66)(H,56,65,67). The molecule has 18 nitrogen and oxygen atoms in total. The van der Waals surface area contributed by atoms with Crippen LogP contribution in [0.15, 0.2) is 72.8 Å². The van der Waals surface area contributed by atoms with E-state index in [-0.39, 0.29) is 24.9 Å². The van der Waals surface area contributed by atoms with E-state index < -0.39 is 35.6 Å². The van der Waals surface area contributed by atoms with Crippen LogP contribution in [0.2, 0.25) is 0 Å². The molecule has 2 unspecified atom stereocenters. The van der Waals surface area contributed by atoms with Gasteiger partial charge in [0, 0.05) is 89.2 Å². The van der Waals surface area contributed by atoms with Gasteiger partial charge in [0.2, 0.25) is 11.8 Å². The average Bonchev–Trinajstić information content (AvgIpc) is 3.91. The molecule has 18 heteroatoms. The highest BCUT2D eigenvalue weighted by atomic mass is 16.5. The quantitative estimate of drug-likeness (QED) is 0.180. The van der Waals surface area contributed by atoms with Gasteiger partial charge in [0.05, 0.1) is 17.2 Å². The Bertz CT molecular complexity index is 2680. The number of benzene rings is 3. The molecule has 71 heavy (non-hydrogen) atoms. The lowest BCUT2D eigenvalue weighted by molar-refractivity contribution is -0.136. The Kier molecular flexibility index (Phi) is 13.0. The highest BCUT2D eigenvalue weighted by molar-refractivity contribution is 6.23. The maximum Gasteiger partial charge on any atom is 0.319 e. The van der Waals surface area contributed by atoms with Crippen molar-refractivity contribution in [1.29, 1.82) is 0 Å². The number of nitrogens with two attached hydrogens (primary N) is 1. The first-order valence-electron chi connectivity index (χ1n) is 25.7. The van der Waals surface area contributed by atoms with Crippen molar-refractivity contribution in [2.75, 3.05) is 88.8 Å². The maximum absolute atomic E-state index is 13.8. The van der Waals surface area contributed by atoms with Gasteiger partial charge in [-0.3, -0.25) is 39.1 Å². The van der Waals surface area contributed by atoms with Crippen molar-refractivity contribution in [3.8, 4) is 22.8 Å². The van der Waals surface area contributed by atoms with Gasteiger partial charge in [0.1, 0.15) is 34.6 Å². The van der Waals surface area contributed by atoms with Gasteiger partial charge < -0.3 is 35.4 Å². The van der Waals surface area contributed by atoms with Crippen LogP contribution in [0, 0.1) is 11.8 Å². The van der Waals surface area contributed by atoms with Gasteiger partial charge in [-0.05, 0) is 131 Å². The molecule has 0 saturated carbocycles. The number of piperazine rings is 1. The smallest absolute Gasteiger partial charge is 0.319 e. The SMILES string of the molecule is NC(=O)c1c(-c2ccc(Oc3ccccc3)cc2)nn2c1NCCC2C1CCN(C2CCN(C(=O)N3CCC(CN4CCN(c5ccc6c(c5)C(=O)N(C5CCC(=O)NC5=O)C6=O)CC4)CC3)CC2)CC1. The van der Waals surface area contributed by atoms with Crippen LogP contribution < -0.4 is 26.0 Å². The molecule has 7 amide bonds. The summed E-state index contributed by atoms with van der Waals surface area (Å²) in [5, 5.41) is 10.8. The van der Waals surface area contributed by atoms with E-state index in [2.05, 4.69) is 35.1 Å². The van der Waals surface area contributed by atoms with Gasteiger partial charge in [-0.2, -0.15) is 5.10 Å². The minimum Gasteiger partial charge on any atom is -0.457 e. The van der Waals surface area contributed by atoms with Crippen molar-refractivity contribution in [2.45, 2.75) is 75.9 Å². The Morgan fingerprint density at radius 2 is 1.38 bits per heavy atom. The number of nitrogens with zero attached hydrogens (tertiary/aromatic N) is 8. The van der Waals surface area contributed by atoms with Gasteiger partial charge in [0.25, 0.3) is 17.7 Å². The molecule has 3 aromatic carbocycles. The maximum atomic E-state index is 13.8. The van der Waals surface area contributed by atoms with Crippen LogP contribution in [0.5, 0.6) is 11.5 Å². The van der Waals surface area contributed by atoms with E-state index in [1.165, 1.54) is 0 Å². The number of carbonyl (C=O) groups excluding carboxylic acids is 6. The number of rotatable bonds is 10. The number of anilines is 2. The summed E-state index contributed by atoms with van der Waals surface area (Å²) in [6.07, 6.45) is 7.19. The van der Waals surface area contributed by atoms with Crippen molar-refractivity contribution >= 4 is 47.1 Å². The lowest BCUT2D eigenvalue weighted by Crippen LogP contribution is -2.54. The first-order valence-corrected chi connectivity index (χ1v) is 25.7. The number of ether oxygens (including phenoxy) is 1. The molecule has 2 atom stereocenters. The molecule has 5 fully saturated rings. The fourth-order valence-corrected chi connectivity index (χ4v) is 12.3. The number of hydrogen-bond donors (Lipinski definition) is 3. The van der Waals surface area contributed by atoms with Crippen LogP contribution in [0.1, 0.15) is 94.9 Å². The summed E-state index contributed by atoms with van der Waals surface area (Å²) in [6, 6.07) is 22.4. The van der Waals surface area contributed by atoms with E-state index in [4.69, 9.17) is 15.6 Å². The summed E-state index contributed by atoms with van der Waals surface area (Å²) in [5.41, 5.74) is 9.33. The predicted molar refractivity (Wildman–Crippen MR) is 265 cm³/mol. The van der Waals surface area contributed by atoms with Gasteiger partial charge >= 0.3 is 6.03 Å². The number of likely N-dealkylation sites (tertiary alicyclic amines) is 3.